The summed E-state index contributed by atoms with van der Waals surface area (Å²) in [6, 6.07) is 10.1. The summed E-state index contributed by atoms with van der Waals surface area (Å²) in [4.78, 5) is 54.2. The van der Waals surface area contributed by atoms with E-state index in [9.17, 15) is 19.2 Å². The molecule has 1 aliphatic heterocycles. The summed E-state index contributed by atoms with van der Waals surface area (Å²) in [5, 5.41) is 10.9. The van der Waals surface area contributed by atoms with Crippen LogP contribution in [0.25, 0.3) is 21.2 Å². The number of nitrogens with one attached hydrogen (secondary N) is 2. The normalized spacial score (nSPS) is 18.8. The zero-order chi connectivity index (χ0) is 25.5. The number of amides is 3. The third-order valence-electron chi connectivity index (χ3n) is 5.93. The first-order valence-corrected chi connectivity index (χ1v) is 11.2. The number of carbonyl (C=O) groups excluding carboxylic acids is 4. The van der Waals surface area contributed by atoms with Gasteiger partial charge in [0.05, 0.1) is 13.2 Å². The van der Waals surface area contributed by atoms with E-state index < -0.39 is 47.9 Å². The molecule has 4 atom stereocenters. The van der Waals surface area contributed by atoms with Crippen LogP contribution in [0, 0.1) is 0 Å². The van der Waals surface area contributed by atoms with Crippen molar-refractivity contribution in [2.45, 2.75) is 50.9 Å². The summed E-state index contributed by atoms with van der Waals surface area (Å²) in [6.07, 6.45) is 0.282. The molecule has 35 heavy (non-hydrogen) atoms. The van der Waals surface area contributed by atoms with E-state index in [-0.39, 0.29) is 19.4 Å². The molecule has 0 aliphatic carbocycles. The molecule has 184 valence electrons. The molecule has 1 fully saturated rings. The van der Waals surface area contributed by atoms with E-state index in [0.717, 1.165) is 16.3 Å². The van der Waals surface area contributed by atoms with Crippen molar-refractivity contribution in [1.29, 1.82) is 0 Å². The minimum absolute atomic E-state index is 0.0263. The van der Waals surface area contributed by atoms with E-state index in [1.54, 1.807) is 0 Å². The van der Waals surface area contributed by atoms with Crippen LogP contribution in [-0.2, 0) is 30.3 Å². The van der Waals surface area contributed by atoms with Gasteiger partial charge in [0.1, 0.15) is 18.1 Å². The molecule has 0 radical (unpaired) electrons. The van der Waals surface area contributed by atoms with Crippen molar-refractivity contribution >= 4 is 34.5 Å². The summed E-state index contributed by atoms with van der Waals surface area (Å²) in [5.74, 6) is -2.07. The third-order valence-corrected chi connectivity index (χ3v) is 5.93. The average molecular weight is 481 g/mol. The van der Waals surface area contributed by atoms with E-state index in [1.807, 2.05) is 42.5 Å². The van der Waals surface area contributed by atoms with Gasteiger partial charge in [-0.1, -0.05) is 47.6 Å². The highest BCUT2D eigenvalue weighted by Gasteiger charge is 2.41. The van der Waals surface area contributed by atoms with Gasteiger partial charge in [-0.3, -0.25) is 14.4 Å². The van der Waals surface area contributed by atoms with Gasteiger partial charge in [-0.2, -0.15) is 0 Å². The van der Waals surface area contributed by atoms with Crippen LogP contribution in [0.2, 0.25) is 0 Å². The van der Waals surface area contributed by atoms with Crippen LogP contribution in [0.5, 0.6) is 0 Å². The Hall–Kier alpha value is -4.11. The monoisotopic (exact) mass is 480 g/mol. The zero-order valence-electron chi connectivity index (χ0n) is 19.8. The van der Waals surface area contributed by atoms with Crippen molar-refractivity contribution < 1.29 is 23.9 Å². The summed E-state index contributed by atoms with van der Waals surface area (Å²) in [6.45, 7) is 2.82. The van der Waals surface area contributed by atoms with Crippen LogP contribution in [0.3, 0.4) is 0 Å². The number of benzene rings is 2. The van der Waals surface area contributed by atoms with Crippen molar-refractivity contribution in [2.75, 3.05) is 13.7 Å². The smallest absolute Gasteiger partial charge is 0.328 e. The molecule has 0 bridgehead atoms. The van der Waals surface area contributed by atoms with Gasteiger partial charge in [0.2, 0.25) is 17.7 Å². The highest BCUT2D eigenvalue weighted by molar-refractivity contribution is 5.94. The van der Waals surface area contributed by atoms with Crippen LogP contribution < -0.4 is 10.6 Å². The molecule has 3 amide bonds. The molecule has 1 aliphatic rings. The Bertz CT molecular complexity index is 1180. The van der Waals surface area contributed by atoms with Crippen molar-refractivity contribution in [1.82, 2.24) is 15.5 Å². The number of rotatable bonds is 8. The quantitative estimate of drug-likeness (QED) is 0.255. The van der Waals surface area contributed by atoms with Gasteiger partial charge in [-0.25, -0.2) is 4.79 Å². The van der Waals surface area contributed by atoms with E-state index in [2.05, 4.69) is 20.7 Å². The highest BCUT2D eigenvalue weighted by Crippen LogP contribution is 2.23. The second-order valence-electron chi connectivity index (χ2n) is 8.49. The Morgan fingerprint density at radius 1 is 1.17 bits per heavy atom. The van der Waals surface area contributed by atoms with Crippen molar-refractivity contribution in [3.05, 3.63) is 58.5 Å². The SMILES string of the molecule is COC(=O)[C@H](Cc1ccc2ccccc2c1)NC(=O)[C@@H]1C[C@H](N=[N+]=[N-])CN1C(=O)[C@H](C)NC(C)=O. The number of azide groups is 1. The fourth-order valence-electron chi connectivity index (χ4n) is 4.28. The van der Waals surface area contributed by atoms with Gasteiger partial charge < -0.3 is 20.3 Å². The van der Waals surface area contributed by atoms with Crippen LogP contribution in [0.15, 0.2) is 47.6 Å². The molecule has 2 N–H and O–H groups in total. The standard InChI is InChI=1S/C24H28N6O5/c1-14(26-15(2)31)23(33)30-13-19(28-29-25)12-21(30)22(32)27-20(24(34)35-3)11-16-8-9-17-6-4-5-7-18(17)10-16/h4-10,14,19-21H,11-13H2,1-3H3,(H,26,31)(H,27,32)/t14-,19-,20-,21-/m0/s1. The Labute approximate surface area is 202 Å². The van der Waals surface area contributed by atoms with E-state index in [4.69, 9.17) is 10.3 Å². The second kappa shape index (κ2) is 11.3. The molecule has 2 aromatic rings. The van der Waals surface area contributed by atoms with E-state index in [1.165, 1.54) is 25.9 Å². The maximum Gasteiger partial charge on any atom is 0.328 e. The third kappa shape index (κ3) is 6.27. The number of esters is 1. The Balaban J connectivity index is 1.80. The number of methoxy groups -OCH3 is 1. The first-order valence-electron chi connectivity index (χ1n) is 11.2. The van der Waals surface area contributed by atoms with Crippen LogP contribution in [0.1, 0.15) is 25.8 Å². The van der Waals surface area contributed by atoms with E-state index in [0.29, 0.717) is 0 Å². The van der Waals surface area contributed by atoms with Crippen molar-refractivity contribution in [3.63, 3.8) is 0 Å². The van der Waals surface area contributed by atoms with Gasteiger partial charge in [-0.05, 0) is 35.2 Å². The number of ether oxygens (including phenoxy) is 1. The van der Waals surface area contributed by atoms with Crippen molar-refractivity contribution in [3.8, 4) is 0 Å². The van der Waals surface area contributed by atoms with Gasteiger partial charge >= 0.3 is 5.97 Å². The maximum absolute atomic E-state index is 13.3. The van der Waals surface area contributed by atoms with Gasteiger partial charge in [0.15, 0.2) is 0 Å². The number of fused-ring (bicyclic) bond motifs is 1. The number of hydrogen-bond donors (Lipinski definition) is 2. The molecule has 0 spiro atoms. The predicted molar refractivity (Wildman–Crippen MR) is 128 cm³/mol. The average Bonchev–Trinajstić information content (AvgIpc) is 3.26. The summed E-state index contributed by atoms with van der Waals surface area (Å²) in [5.41, 5.74) is 9.65. The lowest BCUT2D eigenvalue weighted by Gasteiger charge is -2.28. The molecule has 1 saturated heterocycles. The number of nitrogens with zero attached hydrogens (tertiary/aromatic N) is 4. The first kappa shape index (κ1) is 25.5. The molecule has 2 aromatic carbocycles. The van der Waals surface area contributed by atoms with Gasteiger partial charge in [0, 0.05) is 24.8 Å². The first-order chi connectivity index (χ1) is 16.7. The topological polar surface area (TPSA) is 154 Å². The zero-order valence-corrected chi connectivity index (χ0v) is 19.8. The van der Waals surface area contributed by atoms with Crippen LogP contribution in [-0.4, -0.2) is 66.4 Å². The van der Waals surface area contributed by atoms with Gasteiger partial charge in [0.25, 0.3) is 0 Å². The lowest BCUT2D eigenvalue weighted by atomic mass is 10.0. The maximum atomic E-state index is 13.3. The Morgan fingerprint density at radius 3 is 2.54 bits per heavy atom. The fraction of sp³-hybridized carbons (Fsp3) is 0.417. The fourth-order valence-corrected chi connectivity index (χ4v) is 4.28. The molecule has 1 heterocycles. The lowest BCUT2D eigenvalue weighted by molar-refractivity contribution is -0.146. The van der Waals surface area contributed by atoms with Crippen LogP contribution in [0.4, 0.5) is 0 Å². The highest BCUT2D eigenvalue weighted by atomic mass is 16.5. The van der Waals surface area contributed by atoms with E-state index >= 15 is 0 Å². The molecule has 11 heteroatoms. The summed E-state index contributed by atoms with van der Waals surface area (Å²) >= 11 is 0. The molecule has 0 aromatic heterocycles. The number of carbonyl (C=O) groups is 4. The lowest BCUT2D eigenvalue weighted by Crippen LogP contribution is -2.55. The van der Waals surface area contributed by atoms with Gasteiger partial charge in [-0.15, -0.1) is 0 Å². The minimum Gasteiger partial charge on any atom is -0.467 e. The molecule has 3 rings (SSSR count). The minimum atomic E-state index is -0.989. The predicted octanol–water partition coefficient (Wildman–Crippen LogP) is 1.84. The largest absolute Gasteiger partial charge is 0.467 e. The molecule has 0 unspecified atom stereocenters. The molecule has 11 nitrogen and oxygen atoms in total. The Morgan fingerprint density at radius 2 is 1.89 bits per heavy atom. The Kier molecular flexibility index (Phi) is 8.27. The number of likely N-dealkylation sites (tertiary alicyclic amines) is 1. The molecular formula is C24H28N6O5. The number of hydrogen-bond acceptors (Lipinski definition) is 6. The van der Waals surface area contributed by atoms with Crippen molar-refractivity contribution in [2.24, 2.45) is 5.11 Å². The summed E-state index contributed by atoms with van der Waals surface area (Å²) < 4.78 is 4.90. The summed E-state index contributed by atoms with van der Waals surface area (Å²) in [7, 11) is 1.24. The van der Waals surface area contributed by atoms with Crippen LogP contribution >= 0.6 is 0 Å². The second-order valence-corrected chi connectivity index (χ2v) is 8.49. The molecular weight excluding hydrogens is 452 g/mol. The molecule has 0 saturated carbocycles.